The summed E-state index contributed by atoms with van der Waals surface area (Å²) in [6, 6.07) is 7.57. The molecule has 0 aromatic heterocycles. The van der Waals surface area contributed by atoms with E-state index in [1.165, 1.54) is 0 Å². The van der Waals surface area contributed by atoms with E-state index in [2.05, 4.69) is 5.32 Å². The number of halogens is 1. The molecule has 0 spiro atoms. The summed E-state index contributed by atoms with van der Waals surface area (Å²) in [4.78, 5) is 0. The lowest BCUT2D eigenvalue weighted by Crippen LogP contribution is -2.29. The van der Waals surface area contributed by atoms with E-state index in [0.29, 0.717) is 12.5 Å². The van der Waals surface area contributed by atoms with E-state index in [9.17, 15) is 4.39 Å². The van der Waals surface area contributed by atoms with Gasteiger partial charge in [-0.05, 0) is 44.0 Å². The van der Waals surface area contributed by atoms with Gasteiger partial charge in [0.15, 0.2) is 0 Å². The Labute approximate surface area is 102 Å². The number of benzene rings is 1. The maximum atomic E-state index is 14.6. The van der Waals surface area contributed by atoms with Crippen LogP contribution in [0.1, 0.15) is 31.7 Å². The van der Waals surface area contributed by atoms with Crippen LogP contribution in [0.2, 0.25) is 0 Å². The van der Waals surface area contributed by atoms with Gasteiger partial charge in [0.05, 0.1) is 7.11 Å². The number of hydrogen-bond acceptors (Lipinski definition) is 2. The van der Waals surface area contributed by atoms with Crippen molar-refractivity contribution in [2.75, 3.05) is 13.7 Å². The summed E-state index contributed by atoms with van der Waals surface area (Å²) < 4.78 is 19.7. The Bertz CT molecular complexity index is 355. The number of ether oxygens (including phenoxy) is 1. The molecule has 1 aliphatic rings. The number of nitrogens with one attached hydrogen (secondary N) is 1. The lowest BCUT2D eigenvalue weighted by Gasteiger charge is -2.24. The summed E-state index contributed by atoms with van der Waals surface area (Å²) >= 11 is 0. The Morgan fingerprint density at radius 2 is 2.12 bits per heavy atom. The highest BCUT2D eigenvalue weighted by Crippen LogP contribution is 2.33. The molecule has 1 saturated heterocycles. The van der Waals surface area contributed by atoms with Crippen LogP contribution in [0, 0.1) is 0 Å². The molecule has 0 radical (unpaired) electrons. The molecule has 1 aliphatic heterocycles. The SMILES string of the molecule is COc1ccc(C(C)(F)CC2CCCN2)cc1. The Morgan fingerprint density at radius 3 is 2.65 bits per heavy atom. The maximum absolute atomic E-state index is 14.6. The van der Waals surface area contributed by atoms with Crippen molar-refractivity contribution >= 4 is 0 Å². The van der Waals surface area contributed by atoms with Crippen LogP contribution >= 0.6 is 0 Å². The molecule has 3 heteroatoms. The first-order chi connectivity index (χ1) is 8.12. The van der Waals surface area contributed by atoms with Crippen molar-refractivity contribution in [3.8, 4) is 5.75 Å². The van der Waals surface area contributed by atoms with Crippen molar-refractivity contribution in [1.29, 1.82) is 0 Å². The lowest BCUT2D eigenvalue weighted by molar-refractivity contribution is 0.159. The molecule has 94 valence electrons. The van der Waals surface area contributed by atoms with E-state index in [1.54, 1.807) is 14.0 Å². The van der Waals surface area contributed by atoms with Crippen molar-refractivity contribution < 1.29 is 9.13 Å². The molecule has 1 heterocycles. The minimum atomic E-state index is -1.27. The number of alkyl halides is 1. The molecule has 0 bridgehead atoms. The first-order valence-electron chi connectivity index (χ1n) is 6.19. The minimum Gasteiger partial charge on any atom is -0.497 e. The van der Waals surface area contributed by atoms with Crippen LogP contribution in [0.5, 0.6) is 5.75 Å². The van der Waals surface area contributed by atoms with E-state index in [0.717, 1.165) is 30.7 Å². The summed E-state index contributed by atoms with van der Waals surface area (Å²) in [6.45, 7) is 2.68. The molecule has 2 nitrogen and oxygen atoms in total. The van der Waals surface area contributed by atoms with Gasteiger partial charge in [-0.15, -0.1) is 0 Å². The van der Waals surface area contributed by atoms with Gasteiger partial charge in [-0.3, -0.25) is 0 Å². The van der Waals surface area contributed by atoms with Gasteiger partial charge < -0.3 is 10.1 Å². The second-order valence-electron chi connectivity index (χ2n) is 4.92. The lowest BCUT2D eigenvalue weighted by atomic mass is 9.90. The number of methoxy groups -OCH3 is 1. The standard InChI is InChI=1S/C14H20FNO/c1-14(15,10-12-4-3-9-16-12)11-5-7-13(17-2)8-6-11/h5-8,12,16H,3-4,9-10H2,1-2H3. The monoisotopic (exact) mass is 237 g/mol. The van der Waals surface area contributed by atoms with E-state index in [1.807, 2.05) is 24.3 Å². The van der Waals surface area contributed by atoms with Gasteiger partial charge in [0.25, 0.3) is 0 Å². The molecule has 1 N–H and O–H groups in total. The molecule has 0 aliphatic carbocycles. The van der Waals surface area contributed by atoms with Crippen LogP contribution in [-0.4, -0.2) is 19.7 Å². The van der Waals surface area contributed by atoms with Crippen LogP contribution in [0.15, 0.2) is 24.3 Å². The van der Waals surface area contributed by atoms with E-state index in [-0.39, 0.29) is 0 Å². The Hall–Kier alpha value is -1.09. The van der Waals surface area contributed by atoms with Gasteiger partial charge in [-0.1, -0.05) is 12.1 Å². The van der Waals surface area contributed by atoms with Gasteiger partial charge in [-0.2, -0.15) is 0 Å². The topological polar surface area (TPSA) is 21.3 Å². The smallest absolute Gasteiger partial charge is 0.134 e. The molecule has 1 fully saturated rings. The number of hydrogen-bond donors (Lipinski definition) is 1. The third kappa shape index (κ3) is 2.97. The summed E-state index contributed by atoms with van der Waals surface area (Å²) in [5.74, 6) is 0.767. The normalized spacial score (nSPS) is 23.4. The fourth-order valence-electron chi connectivity index (χ4n) is 2.45. The van der Waals surface area contributed by atoms with Crippen molar-refractivity contribution in [3.63, 3.8) is 0 Å². The van der Waals surface area contributed by atoms with Crippen molar-refractivity contribution in [2.45, 2.75) is 37.9 Å². The summed E-state index contributed by atoms with van der Waals surface area (Å²) in [6.07, 6.45) is 2.78. The highest BCUT2D eigenvalue weighted by Gasteiger charge is 2.30. The predicted molar refractivity (Wildman–Crippen MR) is 67.1 cm³/mol. The summed E-state index contributed by atoms with van der Waals surface area (Å²) in [5.41, 5.74) is -0.541. The van der Waals surface area contributed by atoms with Gasteiger partial charge in [0.2, 0.25) is 0 Å². The van der Waals surface area contributed by atoms with Crippen LogP contribution < -0.4 is 10.1 Å². The average molecular weight is 237 g/mol. The predicted octanol–water partition coefficient (Wildman–Crippen LogP) is 3.02. The van der Waals surface area contributed by atoms with E-state index < -0.39 is 5.67 Å². The second-order valence-corrected chi connectivity index (χ2v) is 4.92. The Balaban J connectivity index is 2.06. The van der Waals surface area contributed by atoms with Crippen LogP contribution in [-0.2, 0) is 5.67 Å². The van der Waals surface area contributed by atoms with E-state index in [4.69, 9.17) is 4.74 Å². The summed E-state index contributed by atoms with van der Waals surface area (Å²) in [5, 5.41) is 3.34. The molecule has 2 rings (SSSR count). The zero-order valence-electron chi connectivity index (χ0n) is 10.5. The molecule has 2 unspecified atom stereocenters. The van der Waals surface area contributed by atoms with Crippen molar-refractivity contribution in [1.82, 2.24) is 5.32 Å². The van der Waals surface area contributed by atoms with Gasteiger partial charge in [-0.25, -0.2) is 4.39 Å². The Kier molecular flexibility index (Phi) is 3.67. The van der Waals surface area contributed by atoms with Crippen LogP contribution in [0.3, 0.4) is 0 Å². The molecular formula is C14H20FNO. The van der Waals surface area contributed by atoms with Crippen molar-refractivity contribution in [2.24, 2.45) is 0 Å². The fraction of sp³-hybridized carbons (Fsp3) is 0.571. The molecular weight excluding hydrogens is 217 g/mol. The third-order valence-corrected chi connectivity index (χ3v) is 3.48. The molecule has 1 aromatic rings. The average Bonchev–Trinajstić information content (AvgIpc) is 2.81. The van der Waals surface area contributed by atoms with Gasteiger partial charge in [0.1, 0.15) is 11.4 Å². The maximum Gasteiger partial charge on any atom is 0.134 e. The molecule has 2 atom stereocenters. The zero-order chi connectivity index (χ0) is 12.3. The fourth-order valence-corrected chi connectivity index (χ4v) is 2.45. The molecule has 1 aromatic carbocycles. The van der Waals surface area contributed by atoms with Gasteiger partial charge in [0, 0.05) is 12.5 Å². The van der Waals surface area contributed by atoms with Crippen molar-refractivity contribution in [3.05, 3.63) is 29.8 Å². The van der Waals surface area contributed by atoms with Crippen LogP contribution in [0.25, 0.3) is 0 Å². The minimum absolute atomic E-state index is 0.312. The number of rotatable bonds is 4. The van der Waals surface area contributed by atoms with Crippen LogP contribution in [0.4, 0.5) is 4.39 Å². The highest BCUT2D eigenvalue weighted by molar-refractivity contribution is 5.30. The highest BCUT2D eigenvalue weighted by atomic mass is 19.1. The first kappa shape index (κ1) is 12.4. The largest absolute Gasteiger partial charge is 0.497 e. The van der Waals surface area contributed by atoms with Gasteiger partial charge >= 0.3 is 0 Å². The first-order valence-corrected chi connectivity index (χ1v) is 6.19. The molecule has 0 amide bonds. The van der Waals surface area contributed by atoms with E-state index >= 15 is 0 Å². The zero-order valence-corrected chi connectivity index (χ0v) is 10.5. The summed E-state index contributed by atoms with van der Waals surface area (Å²) in [7, 11) is 1.62. The molecule has 17 heavy (non-hydrogen) atoms. The molecule has 0 saturated carbocycles. The second kappa shape index (κ2) is 5.05. The quantitative estimate of drug-likeness (QED) is 0.869. The Morgan fingerprint density at radius 1 is 1.41 bits per heavy atom. The third-order valence-electron chi connectivity index (χ3n) is 3.48.